The maximum atomic E-state index is 6.14. The highest BCUT2D eigenvalue weighted by Gasteiger charge is 2.25. The van der Waals surface area contributed by atoms with Gasteiger partial charge in [0.25, 0.3) is 0 Å². The molecule has 2 radical (unpaired) electrons. The Morgan fingerprint density at radius 1 is 1.58 bits per heavy atom. The molecule has 0 fully saturated rings. The number of nitrogens with zero attached hydrogens (tertiary/aromatic N) is 2. The Bertz CT molecular complexity index is 263. The first-order valence-electron chi connectivity index (χ1n) is 4.22. The van der Waals surface area contributed by atoms with Crippen molar-refractivity contribution in [1.82, 2.24) is 9.78 Å². The molecule has 0 spiro atoms. The summed E-state index contributed by atoms with van der Waals surface area (Å²) in [6.45, 7) is 6.27. The lowest BCUT2D eigenvalue weighted by molar-refractivity contribution is 0.473. The first kappa shape index (κ1) is 9.36. The summed E-state index contributed by atoms with van der Waals surface area (Å²) >= 11 is 0. The average molecular weight is 162 g/mol. The van der Waals surface area contributed by atoms with Gasteiger partial charge in [0.05, 0.1) is 14.0 Å². The highest BCUT2D eigenvalue weighted by atomic mass is 15.2. The van der Waals surface area contributed by atoms with E-state index in [9.17, 15) is 0 Å². The predicted molar refractivity (Wildman–Crippen MR) is 51.2 cm³/mol. The summed E-state index contributed by atoms with van der Waals surface area (Å²) in [5, 5.41) is 3.83. The monoisotopic (exact) mass is 162 g/mol. The molecule has 64 valence electrons. The van der Waals surface area contributed by atoms with Gasteiger partial charge in [-0.25, -0.2) is 0 Å². The molecule has 1 heterocycles. The van der Waals surface area contributed by atoms with Crippen LogP contribution in [0.3, 0.4) is 0 Å². The van der Waals surface area contributed by atoms with E-state index in [2.05, 4.69) is 18.9 Å². The van der Waals surface area contributed by atoms with Crippen LogP contribution < -0.4 is 0 Å². The van der Waals surface area contributed by atoms with Crippen LogP contribution in [0.25, 0.3) is 0 Å². The molecule has 12 heavy (non-hydrogen) atoms. The zero-order valence-corrected chi connectivity index (χ0v) is 8.20. The van der Waals surface area contributed by atoms with Crippen LogP contribution in [0.5, 0.6) is 0 Å². The van der Waals surface area contributed by atoms with Gasteiger partial charge in [-0.1, -0.05) is 20.8 Å². The second-order valence-corrected chi connectivity index (χ2v) is 3.84. The van der Waals surface area contributed by atoms with Gasteiger partial charge in [0, 0.05) is 13.2 Å². The molecule has 0 aliphatic carbocycles. The Morgan fingerprint density at radius 2 is 2.17 bits per heavy atom. The molecule has 0 aliphatic heterocycles. The summed E-state index contributed by atoms with van der Waals surface area (Å²) in [6, 6.07) is 0. The quantitative estimate of drug-likeness (QED) is 0.602. The highest BCUT2D eigenvalue weighted by molar-refractivity contribution is 6.15. The molecule has 1 aromatic heterocycles. The molecule has 0 saturated carbocycles. The summed E-state index contributed by atoms with van der Waals surface area (Å²) in [7, 11) is 8.04. The van der Waals surface area contributed by atoms with Crippen LogP contribution in [-0.2, 0) is 12.4 Å². The van der Waals surface area contributed by atoms with Crippen molar-refractivity contribution in [2.45, 2.75) is 26.1 Å². The maximum Gasteiger partial charge on any atom is 0.0811 e. The molecule has 0 bridgehead atoms. The van der Waals surface area contributed by atoms with Gasteiger partial charge in [-0.3, -0.25) is 4.68 Å². The fraction of sp³-hybridized carbons (Fsp3) is 0.667. The number of hydrogen-bond acceptors (Lipinski definition) is 1. The van der Waals surface area contributed by atoms with E-state index in [-0.39, 0.29) is 5.31 Å². The first-order chi connectivity index (χ1) is 5.44. The summed E-state index contributed by atoms with van der Waals surface area (Å²) in [4.78, 5) is 0. The third-order valence-corrected chi connectivity index (χ3v) is 2.53. The van der Waals surface area contributed by atoms with Gasteiger partial charge in [0.15, 0.2) is 0 Å². The van der Waals surface area contributed by atoms with E-state index >= 15 is 0 Å². The minimum absolute atomic E-state index is 0.270. The Kier molecular flexibility index (Phi) is 2.31. The van der Waals surface area contributed by atoms with Crippen molar-refractivity contribution in [2.24, 2.45) is 13.0 Å². The van der Waals surface area contributed by atoms with Crippen molar-refractivity contribution in [3.8, 4) is 0 Å². The Balaban J connectivity index is 2.97. The van der Waals surface area contributed by atoms with E-state index in [0.29, 0.717) is 5.92 Å². The normalized spacial score (nSPS) is 16.4. The van der Waals surface area contributed by atoms with Gasteiger partial charge in [-0.15, -0.1) is 0 Å². The lowest BCUT2D eigenvalue weighted by Gasteiger charge is -2.28. The Labute approximate surface area is 75.4 Å². The summed E-state index contributed by atoms with van der Waals surface area (Å²) in [6.07, 6.45) is 3.81. The minimum atomic E-state index is -0.270. The molecule has 0 aliphatic rings. The third-order valence-electron chi connectivity index (χ3n) is 2.53. The molecule has 0 N–H and O–H groups in total. The van der Waals surface area contributed by atoms with Crippen molar-refractivity contribution in [3.63, 3.8) is 0 Å². The zero-order chi connectivity index (χ0) is 9.35. The van der Waals surface area contributed by atoms with Crippen LogP contribution in [0.2, 0.25) is 0 Å². The fourth-order valence-corrected chi connectivity index (χ4v) is 1.03. The Morgan fingerprint density at radius 3 is 2.50 bits per heavy atom. The Hall–Kier alpha value is -0.725. The molecule has 1 aromatic rings. The minimum Gasteiger partial charge on any atom is -0.276 e. The molecule has 1 unspecified atom stereocenters. The van der Waals surface area contributed by atoms with Gasteiger partial charge in [0.1, 0.15) is 0 Å². The molecule has 3 heteroatoms. The summed E-state index contributed by atoms with van der Waals surface area (Å²) in [5.74, 6) is 0.418. The lowest BCUT2D eigenvalue weighted by Crippen LogP contribution is -2.28. The van der Waals surface area contributed by atoms with Gasteiger partial charge >= 0.3 is 0 Å². The number of rotatable bonds is 2. The number of hydrogen-bond donors (Lipinski definition) is 0. The third kappa shape index (κ3) is 1.54. The largest absolute Gasteiger partial charge is 0.276 e. The van der Waals surface area contributed by atoms with Crippen LogP contribution in [0.4, 0.5) is 0 Å². The summed E-state index contributed by atoms with van der Waals surface area (Å²) in [5.41, 5.74) is 1.10. The molecule has 0 saturated heterocycles. The summed E-state index contributed by atoms with van der Waals surface area (Å²) < 4.78 is 1.78. The van der Waals surface area contributed by atoms with E-state index in [1.165, 1.54) is 0 Å². The van der Waals surface area contributed by atoms with Crippen molar-refractivity contribution in [3.05, 3.63) is 18.0 Å². The van der Waals surface area contributed by atoms with E-state index in [1.807, 2.05) is 26.4 Å². The van der Waals surface area contributed by atoms with Crippen LogP contribution >= 0.6 is 0 Å². The molecule has 1 atom stereocenters. The van der Waals surface area contributed by atoms with Crippen molar-refractivity contribution in [2.75, 3.05) is 0 Å². The van der Waals surface area contributed by atoms with Gasteiger partial charge in [0.2, 0.25) is 0 Å². The van der Waals surface area contributed by atoms with E-state index in [1.54, 1.807) is 4.68 Å². The van der Waals surface area contributed by atoms with Crippen LogP contribution in [-0.4, -0.2) is 17.6 Å². The van der Waals surface area contributed by atoms with E-state index < -0.39 is 0 Å². The average Bonchev–Trinajstić information content (AvgIpc) is 2.35. The standard InChI is InChI=1S/C9H15BN2/c1-7(2)9(3,10)8-5-11-12(4)6-8/h5-7H,1-4H3. The highest BCUT2D eigenvalue weighted by Crippen LogP contribution is 2.27. The first-order valence-corrected chi connectivity index (χ1v) is 4.22. The molecule has 1 rings (SSSR count). The van der Waals surface area contributed by atoms with Crippen molar-refractivity contribution < 1.29 is 0 Å². The second-order valence-electron chi connectivity index (χ2n) is 3.84. The smallest absolute Gasteiger partial charge is 0.0811 e. The SMILES string of the molecule is [B]C(C)(c1cnn(C)c1)C(C)C. The number of aromatic nitrogens is 2. The van der Waals surface area contributed by atoms with E-state index in [0.717, 1.165) is 5.56 Å². The zero-order valence-electron chi connectivity index (χ0n) is 8.20. The van der Waals surface area contributed by atoms with E-state index in [4.69, 9.17) is 7.85 Å². The van der Waals surface area contributed by atoms with Crippen LogP contribution in [0, 0.1) is 5.92 Å². The van der Waals surface area contributed by atoms with Gasteiger partial charge < -0.3 is 0 Å². The topological polar surface area (TPSA) is 17.8 Å². The second kappa shape index (κ2) is 2.96. The predicted octanol–water partition coefficient (Wildman–Crippen LogP) is 1.46. The molecule has 0 amide bonds. The molecule has 0 aromatic carbocycles. The molecular formula is C9H15BN2. The lowest BCUT2D eigenvalue weighted by atomic mass is 9.60. The maximum absolute atomic E-state index is 6.14. The van der Waals surface area contributed by atoms with Gasteiger partial charge in [-0.05, 0) is 16.8 Å². The fourth-order valence-electron chi connectivity index (χ4n) is 1.03. The van der Waals surface area contributed by atoms with Crippen LogP contribution in [0.1, 0.15) is 26.3 Å². The number of aryl methyl sites for hydroxylation is 1. The van der Waals surface area contributed by atoms with Crippen molar-refractivity contribution in [1.29, 1.82) is 0 Å². The van der Waals surface area contributed by atoms with Crippen LogP contribution in [0.15, 0.2) is 12.4 Å². The van der Waals surface area contributed by atoms with Crippen molar-refractivity contribution >= 4 is 7.85 Å². The molecular weight excluding hydrogens is 147 g/mol. The molecule has 2 nitrogen and oxygen atoms in total. The van der Waals surface area contributed by atoms with Gasteiger partial charge in [-0.2, -0.15) is 5.10 Å².